The molecule has 2 heterocycles. The van der Waals surface area contributed by atoms with E-state index >= 15 is 0 Å². The van der Waals surface area contributed by atoms with Crippen molar-refractivity contribution in [2.24, 2.45) is 0 Å². The monoisotopic (exact) mass is 446 g/mol. The number of thiazole rings is 1. The van der Waals surface area contributed by atoms with Crippen molar-refractivity contribution in [3.63, 3.8) is 0 Å². The Kier molecular flexibility index (Phi) is 5.81. The zero-order valence-electron chi connectivity index (χ0n) is 13.6. The van der Waals surface area contributed by atoms with Crippen molar-refractivity contribution in [1.29, 1.82) is 0 Å². The van der Waals surface area contributed by atoms with Crippen molar-refractivity contribution in [1.82, 2.24) is 9.88 Å². The second kappa shape index (κ2) is 7.88. The van der Waals surface area contributed by atoms with E-state index in [1.165, 1.54) is 17.4 Å². The fourth-order valence-electron chi connectivity index (χ4n) is 2.72. The highest BCUT2D eigenvalue weighted by molar-refractivity contribution is 9.10. The fraction of sp³-hybridized carbons (Fsp3) is 0.375. The Bertz CT molecular complexity index is 779. The van der Waals surface area contributed by atoms with Gasteiger partial charge in [0.15, 0.2) is 4.47 Å². The maximum Gasteiger partial charge on any atom is 0.219 e. The molecule has 0 radical (unpaired) electrons. The summed E-state index contributed by atoms with van der Waals surface area (Å²) in [5.41, 5.74) is 1.22. The molecular weight excluding hydrogens is 431 g/mol. The number of rotatable bonds is 4. The van der Waals surface area contributed by atoms with Crippen LogP contribution in [0, 0.1) is 5.82 Å². The Morgan fingerprint density at radius 1 is 1.40 bits per heavy atom. The van der Waals surface area contributed by atoms with Crippen molar-refractivity contribution >= 4 is 56.1 Å². The van der Waals surface area contributed by atoms with Crippen LogP contribution in [0.1, 0.15) is 11.8 Å². The smallest absolute Gasteiger partial charge is 0.219 e. The molecule has 1 amide bonds. The number of hydrogen-bond donors (Lipinski definition) is 1. The third-order valence-corrected chi connectivity index (χ3v) is 5.85. The molecule has 25 heavy (non-hydrogen) atoms. The summed E-state index contributed by atoms with van der Waals surface area (Å²) in [6, 6.07) is 3.26. The summed E-state index contributed by atoms with van der Waals surface area (Å²) in [7, 11) is 0. The van der Waals surface area contributed by atoms with E-state index in [4.69, 9.17) is 11.6 Å². The highest BCUT2D eigenvalue weighted by Gasteiger charge is 2.21. The summed E-state index contributed by atoms with van der Waals surface area (Å²) < 4.78 is 15.9. The minimum atomic E-state index is -0.288. The number of anilines is 2. The van der Waals surface area contributed by atoms with Gasteiger partial charge in [0.2, 0.25) is 5.91 Å². The van der Waals surface area contributed by atoms with Crippen LogP contribution in [0.5, 0.6) is 0 Å². The van der Waals surface area contributed by atoms with Crippen LogP contribution in [0.4, 0.5) is 15.8 Å². The summed E-state index contributed by atoms with van der Waals surface area (Å²) >= 11 is 10.7. The van der Waals surface area contributed by atoms with Gasteiger partial charge in [0.05, 0.1) is 17.9 Å². The molecule has 1 aliphatic heterocycles. The Balaban J connectivity index is 1.69. The number of halogens is 3. The lowest BCUT2D eigenvalue weighted by Crippen LogP contribution is -2.48. The van der Waals surface area contributed by atoms with Crippen LogP contribution < -0.4 is 10.2 Å². The van der Waals surface area contributed by atoms with E-state index in [0.717, 1.165) is 9.35 Å². The van der Waals surface area contributed by atoms with Gasteiger partial charge in [-0.15, -0.1) is 11.3 Å². The number of hydrogen-bond acceptors (Lipinski definition) is 5. The zero-order chi connectivity index (χ0) is 18.0. The van der Waals surface area contributed by atoms with Gasteiger partial charge in [0, 0.05) is 54.7 Å². The van der Waals surface area contributed by atoms with Crippen molar-refractivity contribution < 1.29 is 9.18 Å². The molecule has 134 valence electrons. The van der Waals surface area contributed by atoms with E-state index in [1.54, 1.807) is 24.1 Å². The Morgan fingerprint density at radius 2 is 2.12 bits per heavy atom. The van der Waals surface area contributed by atoms with Crippen molar-refractivity contribution in [2.45, 2.75) is 13.5 Å². The van der Waals surface area contributed by atoms with Gasteiger partial charge < -0.3 is 15.1 Å². The van der Waals surface area contributed by atoms with Crippen molar-refractivity contribution in [3.8, 4) is 0 Å². The molecule has 1 saturated heterocycles. The van der Waals surface area contributed by atoms with E-state index in [9.17, 15) is 9.18 Å². The topological polar surface area (TPSA) is 48.5 Å². The number of piperazine rings is 1. The molecule has 1 aromatic carbocycles. The first-order valence-electron chi connectivity index (χ1n) is 7.77. The van der Waals surface area contributed by atoms with Crippen LogP contribution >= 0.6 is 38.9 Å². The van der Waals surface area contributed by atoms with Gasteiger partial charge in [-0.3, -0.25) is 4.79 Å². The maximum atomic E-state index is 14.6. The highest BCUT2D eigenvalue weighted by Crippen LogP contribution is 2.32. The molecule has 0 aliphatic carbocycles. The van der Waals surface area contributed by atoms with Crippen LogP contribution in [0.2, 0.25) is 4.47 Å². The third-order valence-electron chi connectivity index (χ3n) is 4.08. The summed E-state index contributed by atoms with van der Waals surface area (Å²) in [5, 5.41) is 3.19. The van der Waals surface area contributed by atoms with Crippen LogP contribution in [-0.2, 0) is 11.3 Å². The van der Waals surface area contributed by atoms with Gasteiger partial charge >= 0.3 is 0 Å². The number of carbonyl (C=O) groups is 1. The number of nitrogens with zero attached hydrogens (tertiary/aromatic N) is 3. The molecule has 5 nitrogen and oxygen atoms in total. The van der Waals surface area contributed by atoms with Gasteiger partial charge in [-0.1, -0.05) is 11.6 Å². The molecule has 1 fully saturated rings. The minimum absolute atomic E-state index is 0.0593. The molecule has 0 unspecified atom stereocenters. The second-order valence-corrected chi connectivity index (χ2v) is 8.26. The number of carbonyl (C=O) groups excluding carboxylic acids is 1. The molecule has 9 heteroatoms. The molecule has 1 aromatic heterocycles. The molecule has 0 atom stereocenters. The van der Waals surface area contributed by atoms with Crippen molar-refractivity contribution in [2.75, 3.05) is 36.4 Å². The predicted molar refractivity (Wildman–Crippen MR) is 103 cm³/mol. The normalized spacial score (nSPS) is 14.7. The number of nitrogens with one attached hydrogen (secondary N) is 1. The Hall–Kier alpha value is -1.38. The van der Waals surface area contributed by atoms with Gasteiger partial charge in [-0.25, -0.2) is 9.37 Å². The van der Waals surface area contributed by atoms with Gasteiger partial charge in [0.25, 0.3) is 0 Å². The first-order valence-corrected chi connectivity index (χ1v) is 9.76. The summed E-state index contributed by atoms with van der Waals surface area (Å²) in [4.78, 5) is 20.1. The van der Waals surface area contributed by atoms with Crippen LogP contribution in [0.15, 0.2) is 22.8 Å². The van der Waals surface area contributed by atoms with Gasteiger partial charge in [-0.05, 0) is 22.0 Å². The van der Waals surface area contributed by atoms with Crippen LogP contribution in [0.25, 0.3) is 0 Å². The second-order valence-electron chi connectivity index (χ2n) is 5.71. The lowest BCUT2D eigenvalue weighted by molar-refractivity contribution is -0.129. The van der Waals surface area contributed by atoms with Gasteiger partial charge in [-0.2, -0.15) is 0 Å². The highest BCUT2D eigenvalue weighted by atomic mass is 79.9. The Morgan fingerprint density at radius 3 is 2.72 bits per heavy atom. The standard InChI is InChI=1S/C16H17BrClFN4OS/c1-10(24)22-2-4-23(5-3-22)15-6-12(17)14(7-13(15)19)20-8-11-9-21-16(18)25-11/h6-7,9,20H,2-5,8H2,1H3. The van der Waals surface area contributed by atoms with Crippen LogP contribution in [-0.4, -0.2) is 42.0 Å². The lowest BCUT2D eigenvalue weighted by Gasteiger charge is -2.36. The molecular formula is C16H17BrClFN4OS. The van der Waals surface area contributed by atoms with E-state index in [2.05, 4.69) is 26.2 Å². The number of aromatic nitrogens is 1. The molecule has 3 rings (SSSR count). The molecule has 2 aromatic rings. The summed E-state index contributed by atoms with van der Waals surface area (Å²) in [5.74, 6) is -0.228. The SMILES string of the molecule is CC(=O)N1CCN(c2cc(Br)c(NCc3cnc(Cl)s3)cc2F)CC1. The quantitative estimate of drug-likeness (QED) is 0.770. The maximum absolute atomic E-state index is 14.6. The van der Waals surface area contributed by atoms with E-state index in [0.29, 0.717) is 48.6 Å². The minimum Gasteiger partial charge on any atom is -0.379 e. The average molecular weight is 448 g/mol. The average Bonchev–Trinajstić information content (AvgIpc) is 3.01. The van der Waals surface area contributed by atoms with E-state index in [1.807, 2.05) is 4.90 Å². The number of amides is 1. The molecule has 1 aliphatic rings. The fourth-order valence-corrected chi connectivity index (χ4v) is 4.11. The van der Waals surface area contributed by atoms with Crippen molar-refractivity contribution in [3.05, 3.63) is 38.0 Å². The van der Waals surface area contributed by atoms with Gasteiger partial charge in [0.1, 0.15) is 5.82 Å². The first kappa shape index (κ1) is 18.4. The number of benzene rings is 1. The zero-order valence-corrected chi connectivity index (χ0v) is 16.7. The molecule has 0 bridgehead atoms. The first-order chi connectivity index (χ1) is 11.9. The molecule has 0 spiro atoms. The largest absolute Gasteiger partial charge is 0.379 e. The molecule has 1 N–H and O–H groups in total. The van der Waals surface area contributed by atoms with E-state index < -0.39 is 0 Å². The molecule has 0 saturated carbocycles. The van der Waals surface area contributed by atoms with E-state index in [-0.39, 0.29) is 11.7 Å². The third kappa shape index (κ3) is 4.43. The summed E-state index contributed by atoms with van der Waals surface area (Å²) in [6.45, 7) is 4.55. The summed E-state index contributed by atoms with van der Waals surface area (Å²) in [6.07, 6.45) is 1.70. The lowest BCUT2D eigenvalue weighted by atomic mass is 10.2. The predicted octanol–water partition coefficient (Wildman–Crippen LogP) is 3.98. The Labute approximate surface area is 162 Å². The van der Waals surface area contributed by atoms with Crippen LogP contribution in [0.3, 0.4) is 0 Å².